The maximum atomic E-state index is 3.87. The quantitative estimate of drug-likeness (QED) is 0.486. The SMILES string of the molecule is [C]1C2C3CC4C1C1C2CC3C41. The van der Waals surface area contributed by atoms with Gasteiger partial charge in [-0.25, -0.2) is 0 Å². The van der Waals surface area contributed by atoms with E-state index in [4.69, 9.17) is 0 Å². The molecule has 11 heavy (non-hydrogen) atoms. The van der Waals surface area contributed by atoms with E-state index in [-0.39, 0.29) is 0 Å². The van der Waals surface area contributed by atoms with Gasteiger partial charge in [-0.05, 0) is 66.6 Å². The van der Waals surface area contributed by atoms with Crippen LogP contribution in [0, 0.1) is 53.8 Å². The minimum atomic E-state index is 1.00. The van der Waals surface area contributed by atoms with Crippen molar-refractivity contribution in [1.29, 1.82) is 0 Å². The van der Waals surface area contributed by atoms with Crippen LogP contribution in [0.5, 0.6) is 0 Å². The maximum Gasteiger partial charge on any atom is -0.00940 e. The average molecular weight is 144 g/mol. The molecule has 0 aliphatic heterocycles. The van der Waals surface area contributed by atoms with Crippen LogP contribution in [0.2, 0.25) is 0 Å². The summed E-state index contributed by atoms with van der Waals surface area (Å²) < 4.78 is 0. The minimum Gasteiger partial charge on any atom is -0.0464 e. The lowest BCUT2D eigenvalue weighted by Crippen LogP contribution is -2.41. The molecule has 5 aliphatic carbocycles. The first-order chi connectivity index (χ1) is 5.45. The molecular weight excluding hydrogens is 132 g/mol. The Hall–Kier alpha value is 0. The van der Waals surface area contributed by atoms with E-state index in [2.05, 4.69) is 6.42 Å². The van der Waals surface area contributed by atoms with Gasteiger partial charge in [0.25, 0.3) is 0 Å². The second kappa shape index (κ2) is 1.11. The van der Waals surface area contributed by atoms with Crippen molar-refractivity contribution in [3.63, 3.8) is 0 Å². The predicted octanol–water partition coefficient (Wildman–Crippen LogP) is 1.85. The van der Waals surface area contributed by atoms with E-state index in [9.17, 15) is 0 Å². The summed E-state index contributed by atoms with van der Waals surface area (Å²) in [5, 5.41) is 0. The fourth-order valence-corrected chi connectivity index (χ4v) is 5.76. The first kappa shape index (κ1) is 4.89. The molecule has 0 saturated heterocycles. The van der Waals surface area contributed by atoms with Crippen molar-refractivity contribution in [1.82, 2.24) is 0 Å². The third kappa shape index (κ3) is 0.278. The summed E-state index contributed by atoms with van der Waals surface area (Å²) in [6.07, 6.45) is 7.10. The zero-order valence-electron chi connectivity index (χ0n) is 6.53. The number of hydrogen-bond donors (Lipinski definition) is 0. The fraction of sp³-hybridized carbons (Fsp3) is 0.909. The van der Waals surface area contributed by atoms with Crippen LogP contribution in [0.25, 0.3) is 0 Å². The Kier molecular flexibility index (Phi) is 0.494. The van der Waals surface area contributed by atoms with E-state index in [1.807, 2.05) is 0 Å². The second-order valence-electron chi connectivity index (χ2n) is 5.50. The van der Waals surface area contributed by atoms with Crippen molar-refractivity contribution in [2.45, 2.75) is 12.8 Å². The molecule has 2 radical (unpaired) electrons. The van der Waals surface area contributed by atoms with Gasteiger partial charge in [-0.2, -0.15) is 0 Å². The summed E-state index contributed by atoms with van der Waals surface area (Å²) in [6.45, 7) is 0. The van der Waals surface area contributed by atoms with E-state index < -0.39 is 0 Å². The zero-order chi connectivity index (χ0) is 6.74. The van der Waals surface area contributed by atoms with Crippen LogP contribution in [0.15, 0.2) is 0 Å². The van der Waals surface area contributed by atoms with Gasteiger partial charge in [0.1, 0.15) is 0 Å². The predicted molar refractivity (Wildman–Crippen MR) is 40.4 cm³/mol. The summed E-state index contributed by atoms with van der Waals surface area (Å²) in [5.41, 5.74) is 0. The van der Waals surface area contributed by atoms with E-state index in [1.54, 1.807) is 12.8 Å². The van der Waals surface area contributed by atoms with Gasteiger partial charge in [-0.15, -0.1) is 0 Å². The minimum absolute atomic E-state index is 1.00. The molecule has 5 aliphatic rings. The van der Waals surface area contributed by atoms with Crippen molar-refractivity contribution in [2.24, 2.45) is 47.3 Å². The van der Waals surface area contributed by atoms with Gasteiger partial charge in [0.15, 0.2) is 0 Å². The van der Waals surface area contributed by atoms with Crippen LogP contribution in [-0.4, -0.2) is 0 Å². The third-order valence-corrected chi connectivity index (χ3v) is 5.75. The first-order valence-electron chi connectivity index (χ1n) is 5.21. The topological polar surface area (TPSA) is 0 Å². The Morgan fingerprint density at radius 1 is 0.727 bits per heavy atom. The Balaban J connectivity index is 1.90. The molecule has 5 saturated carbocycles. The Morgan fingerprint density at radius 3 is 2.55 bits per heavy atom. The van der Waals surface area contributed by atoms with Crippen LogP contribution >= 0.6 is 0 Å². The molecule has 0 nitrogen and oxygen atoms in total. The lowest BCUT2D eigenvalue weighted by atomic mass is 9.60. The molecule has 2 bridgehead atoms. The molecule has 56 valence electrons. The van der Waals surface area contributed by atoms with Gasteiger partial charge in [-0.3, -0.25) is 0 Å². The van der Waals surface area contributed by atoms with Gasteiger partial charge >= 0.3 is 0 Å². The molecule has 0 heterocycles. The second-order valence-corrected chi connectivity index (χ2v) is 5.50. The van der Waals surface area contributed by atoms with Crippen molar-refractivity contribution in [2.75, 3.05) is 0 Å². The number of rotatable bonds is 0. The van der Waals surface area contributed by atoms with Crippen LogP contribution in [0.3, 0.4) is 0 Å². The molecule has 8 unspecified atom stereocenters. The normalized spacial score (nSPS) is 85.1. The molecule has 5 rings (SSSR count). The molecule has 0 heteroatoms. The fourth-order valence-electron chi connectivity index (χ4n) is 5.76. The average Bonchev–Trinajstić information content (AvgIpc) is 2.45. The molecule has 5 fully saturated rings. The van der Waals surface area contributed by atoms with Crippen LogP contribution in [0.4, 0.5) is 0 Å². The number of hydrogen-bond acceptors (Lipinski definition) is 0. The Bertz CT molecular complexity index is 201. The molecule has 0 N–H and O–H groups in total. The van der Waals surface area contributed by atoms with Crippen molar-refractivity contribution in [3.8, 4) is 0 Å². The summed E-state index contributed by atoms with van der Waals surface area (Å²) >= 11 is 0. The van der Waals surface area contributed by atoms with Crippen molar-refractivity contribution in [3.05, 3.63) is 6.42 Å². The molecule has 0 spiro atoms. The van der Waals surface area contributed by atoms with Gasteiger partial charge in [-0.1, -0.05) is 0 Å². The number of fused-ring (bicyclic) bond motifs is 2. The van der Waals surface area contributed by atoms with E-state index in [1.165, 1.54) is 17.8 Å². The highest BCUT2D eigenvalue weighted by Crippen LogP contribution is 2.82. The summed E-state index contributed by atoms with van der Waals surface area (Å²) in [4.78, 5) is 0. The van der Waals surface area contributed by atoms with E-state index in [0.717, 1.165) is 29.6 Å². The summed E-state index contributed by atoms with van der Waals surface area (Å²) in [5.74, 6) is 9.06. The highest BCUT2D eigenvalue weighted by atomic mass is 14.8. The standard InChI is InChI=1S/C11H12/c1-4-5-2-9-8(1)10-6(4)3-7(5)11(9)10/h4-11H,1,3H2. The molecule has 0 amide bonds. The highest BCUT2D eigenvalue weighted by Gasteiger charge is 2.77. The van der Waals surface area contributed by atoms with Crippen molar-refractivity contribution < 1.29 is 0 Å². The van der Waals surface area contributed by atoms with Gasteiger partial charge < -0.3 is 0 Å². The van der Waals surface area contributed by atoms with Crippen molar-refractivity contribution >= 4 is 0 Å². The molecule has 8 atom stereocenters. The van der Waals surface area contributed by atoms with Crippen LogP contribution in [-0.2, 0) is 0 Å². The monoisotopic (exact) mass is 144 g/mol. The summed E-state index contributed by atoms with van der Waals surface area (Å²) in [7, 11) is 0. The van der Waals surface area contributed by atoms with E-state index >= 15 is 0 Å². The lowest BCUT2D eigenvalue weighted by molar-refractivity contribution is 0.0399. The molecular formula is C11H12. The lowest BCUT2D eigenvalue weighted by Gasteiger charge is -2.44. The third-order valence-electron chi connectivity index (χ3n) is 5.75. The first-order valence-corrected chi connectivity index (χ1v) is 5.21. The van der Waals surface area contributed by atoms with Gasteiger partial charge in [0, 0.05) is 0 Å². The van der Waals surface area contributed by atoms with E-state index in [0.29, 0.717) is 0 Å². The smallest absolute Gasteiger partial charge is 0.00940 e. The summed E-state index contributed by atoms with van der Waals surface area (Å²) in [6, 6.07) is 0. The largest absolute Gasteiger partial charge is 0.0464 e. The molecule has 0 aromatic rings. The Labute approximate surface area is 67.4 Å². The zero-order valence-corrected chi connectivity index (χ0v) is 6.53. The highest BCUT2D eigenvalue weighted by molar-refractivity contribution is 5.30. The van der Waals surface area contributed by atoms with Crippen LogP contribution in [0.1, 0.15) is 12.8 Å². The van der Waals surface area contributed by atoms with Gasteiger partial charge in [0.05, 0.1) is 0 Å². The van der Waals surface area contributed by atoms with Gasteiger partial charge in [0.2, 0.25) is 0 Å². The van der Waals surface area contributed by atoms with Crippen LogP contribution < -0.4 is 0 Å². The molecule has 0 aromatic heterocycles. The molecule has 0 aromatic carbocycles. The Morgan fingerprint density at radius 2 is 1.55 bits per heavy atom. The maximum absolute atomic E-state index is 3.87.